The van der Waals surface area contributed by atoms with E-state index < -0.39 is 0 Å². The normalized spacial score (nSPS) is 11.7. The number of fused-ring (bicyclic) bond motifs is 2. The Kier molecular flexibility index (Phi) is 2.48. The lowest BCUT2D eigenvalue weighted by molar-refractivity contribution is 0.348. The second-order valence-corrected chi connectivity index (χ2v) is 3.83. The largest absolute Gasteiger partial charge is 0.497 e. The zero-order valence-electron chi connectivity index (χ0n) is 10.1. The Morgan fingerprint density at radius 3 is 1.56 bits per heavy atom. The van der Waals surface area contributed by atoms with Gasteiger partial charge in [-0.15, -0.1) is 0 Å². The van der Waals surface area contributed by atoms with E-state index in [1.165, 1.54) is 0 Å². The van der Waals surface area contributed by atoms with Crippen LogP contribution >= 0.6 is 0 Å². The number of benzene rings is 2. The van der Waals surface area contributed by atoms with Gasteiger partial charge in [-0.25, -0.2) is 0 Å². The lowest BCUT2D eigenvalue weighted by atomic mass is 10.2. The average Bonchev–Trinajstić information content (AvgIpc) is 2.43. The first kappa shape index (κ1) is 10.8. The van der Waals surface area contributed by atoms with Crippen molar-refractivity contribution in [2.75, 3.05) is 14.2 Å². The molecule has 4 heteroatoms. The van der Waals surface area contributed by atoms with E-state index in [2.05, 4.69) is 0 Å². The van der Waals surface area contributed by atoms with E-state index in [1.54, 1.807) is 26.4 Å². The summed E-state index contributed by atoms with van der Waals surface area (Å²) in [5.41, 5.74) is 0. The second kappa shape index (κ2) is 4.14. The highest BCUT2D eigenvalue weighted by atomic mass is 16.6. The Morgan fingerprint density at radius 2 is 1.11 bits per heavy atom. The fourth-order valence-corrected chi connectivity index (χ4v) is 1.80. The van der Waals surface area contributed by atoms with Crippen molar-refractivity contribution in [3.05, 3.63) is 36.4 Å². The van der Waals surface area contributed by atoms with Gasteiger partial charge in [-0.1, -0.05) is 0 Å². The molecule has 4 nitrogen and oxygen atoms in total. The summed E-state index contributed by atoms with van der Waals surface area (Å²) in [6.45, 7) is 0. The first-order chi connectivity index (χ1) is 8.80. The van der Waals surface area contributed by atoms with Crippen molar-refractivity contribution in [3.63, 3.8) is 0 Å². The molecule has 0 amide bonds. The molecule has 0 unspecified atom stereocenters. The summed E-state index contributed by atoms with van der Waals surface area (Å²) >= 11 is 0. The Hall–Kier alpha value is -2.36. The van der Waals surface area contributed by atoms with Crippen molar-refractivity contribution >= 4 is 0 Å². The quantitative estimate of drug-likeness (QED) is 0.690. The van der Waals surface area contributed by atoms with Gasteiger partial charge >= 0.3 is 0 Å². The molecule has 0 spiro atoms. The molecule has 0 aromatic heterocycles. The molecule has 0 aliphatic carbocycles. The van der Waals surface area contributed by atoms with Gasteiger partial charge in [-0.05, 0) is 24.3 Å². The maximum Gasteiger partial charge on any atom is 0.173 e. The lowest BCUT2D eigenvalue weighted by Crippen LogP contribution is -1.99. The fraction of sp³-hybridized carbons (Fsp3) is 0.143. The minimum absolute atomic E-state index is 0.634. The monoisotopic (exact) mass is 244 g/mol. The van der Waals surface area contributed by atoms with Crippen LogP contribution < -0.4 is 18.9 Å². The van der Waals surface area contributed by atoms with Crippen molar-refractivity contribution in [1.82, 2.24) is 0 Å². The van der Waals surface area contributed by atoms with E-state index in [0.717, 1.165) is 11.5 Å². The summed E-state index contributed by atoms with van der Waals surface area (Å²) in [7, 11) is 3.23. The van der Waals surface area contributed by atoms with Crippen molar-refractivity contribution < 1.29 is 18.9 Å². The summed E-state index contributed by atoms with van der Waals surface area (Å²) < 4.78 is 21.8. The summed E-state index contributed by atoms with van der Waals surface area (Å²) in [5.74, 6) is 4.07. The highest BCUT2D eigenvalue weighted by Crippen LogP contribution is 2.47. The van der Waals surface area contributed by atoms with Crippen LogP contribution in [0.15, 0.2) is 36.4 Å². The first-order valence-corrected chi connectivity index (χ1v) is 5.52. The van der Waals surface area contributed by atoms with Crippen molar-refractivity contribution in [2.45, 2.75) is 0 Å². The van der Waals surface area contributed by atoms with Crippen LogP contribution in [0, 0.1) is 0 Å². The Balaban J connectivity index is 2.01. The molecule has 0 saturated carbocycles. The topological polar surface area (TPSA) is 36.9 Å². The molecule has 0 radical (unpaired) electrons. The molecule has 1 heterocycles. The lowest BCUT2D eigenvalue weighted by Gasteiger charge is -2.21. The van der Waals surface area contributed by atoms with Gasteiger partial charge in [0.05, 0.1) is 14.2 Å². The number of rotatable bonds is 2. The predicted molar refractivity (Wildman–Crippen MR) is 66.1 cm³/mol. The zero-order valence-corrected chi connectivity index (χ0v) is 10.1. The van der Waals surface area contributed by atoms with E-state index in [9.17, 15) is 0 Å². The fourth-order valence-electron chi connectivity index (χ4n) is 1.80. The Bertz CT molecular complexity index is 541. The summed E-state index contributed by atoms with van der Waals surface area (Å²) in [6, 6.07) is 10.9. The average molecular weight is 244 g/mol. The van der Waals surface area contributed by atoms with E-state index in [1.807, 2.05) is 24.3 Å². The van der Waals surface area contributed by atoms with Crippen LogP contribution in [-0.4, -0.2) is 14.2 Å². The molecule has 1 aliphatic rings. The molecular weight excluding hydrogens is 232 g/mol. The minimum Gasteiger partial charge on any atom is -0.497 e. The molecule has 0 atom stereocenters. The minimum atomic E-state index is 0.634. The van der Waals surface area contributed by atoms with Crippen LogP contribution in [0.5, 0.6) is 34.5 Å². The molecule has 2 aromatic rings. The molecule has 0 N–H and O–H groups in total. The van der Waals surface area contributed by atoms with E-state index in [-0.39, 0.29) is 0 Å². The van der Waals surface area contributed by atoms with Crippen molar-refractivity contribution in [3.8, 4) is 34.5 Å². The van der Waals surface area contributed by atoms with E-state index in [4.69, 9.17) is 18.9 Å². The number of hydrogen-bond acceptors (Lipinski definition) is 4. The van der Waals surface area contributed by atoms with Gasteiger partial charge in [0.15, 0.2) is 23.0 Å². The van der Waals surface area contributed by atoms with Crippen LogP contribution in [-0.2, 0) is 0 Å². The molecular formula is C14H12O4. The van der Waals surface area contributed by atoms with E-state index >= 15 is 0 Å². The van der Waals surface area contributed by atoms with Gasteiger partial charge in [-0.3, -0.25) is 0 Å². The van der Waals surface area contributed by atoms with Crippen LogP contribution in [0.25, 0.3) is 0 Å². The van der Waals surface area contributed by atoms with Crippen LogP contribution in [0.4, 0.5) is 0 Å². The van der Waals surface area contributed by atoms with Gasteiger partial charge in [0.1, 0.15) is 11.5 Å². The maximum absolute atomic E-state index is 5.78. The summed E-state index contributed by atoms with van der Waals surface area (Å²) in [6.07, 6.45) is 0. The van der Waals surface area contributed by atoms with E-state index in [0.29, 0.717) is 23.0 Å². The standard InChI is InChI=1S/C14H12O4/c1-15-9-3-5-11-13(7-9)18-14-8-10(16-2)4-6-12(14)17-11/h3-8H,1-2H3. The summed E-state index contributed by atoms with van der Waals surface area (Å²) in [5, 5.41) is 0. The van der Waals surface area contributed by atoms with Crippen molar-refractivity contribution in [1.29, 1.82) is 0 Å². The molecule has 1 aliphatic heterocycles. The summed E-state index contributed by atoms with van der Waals surface area (Å²) in [4.78, 5) is 0. The Morgan fingerprint density at radius 1 is 0.667 bits per heavy atom. The third-order valence-electron chi connectivity index (χ3n) is 2.74. The third-order valence-corrected chi connectivity index (χ3v) is 2.74. The number of hydrogen-bond donors (Lipinski definition) is 0. The van der Waals surface area contributed by atoms with Gasteiger partial charge in [0.2, 0.25) is 0 Å². The van der Waals surface area contributed by atoms with Gasteiger partial charge in [-0.2, -0.15) is 0 Å². The highest BCUT2D eigenvalue weighted by Gasteiger charge is 2.19. The molecule has 2 aromatic carbocycles. The molecule has 0 bridgehead atoms. The Labute approximate surface area is 105 Å². The molecule has 0 fully saturated rings. The van der Waals surface area contributed by atoms with Crippen molar-refractivity contribution in [2.24, 2.45) is 0 Å². The molecule has 3 rings (SSSR count). The second-order valence-electron chi connectivity index (χ2n) is 3.83. The smallest absolute Gasteiger partial charge is 0.173 e. The van der Waals surface area contributed by atoms with Gasteiger partial charge < -0.3 is 18.9 Å². The molecule has 92 valence electrons. The zero-order chi connectivity index (χ0) is 12.5. The maximum atomic E-state index is 5.78. The van der Waals surface area contributed by atoms with Crippen LogP contribution in [0.3, 0.4) is 0 Å². The highest BCUT2D eigenvalue weighted by molar-refractivity contribution is 5.57. The number of methoxy groups -OCH3 is 2. The number of ether oxygens (including phenoxy) is 4. The molecule has 18 heavy (non-hydrogen) atoms. The SMILES string of the molecule is COc1ccc2c(c1)Oc1cc(OC)ccc1O2. The first-order valence-electron chi connectivity index (χ1n) is 5.52. The molecule has 0 saturated heterocycles. The predicted octanol–water partition coefficient (Wildman–Crippen LogP) is 3.60. The third kappa shape index (κ3) is 1.72. The van der Waals surface area contributed by atoms with Gasteiger partial charge in [0, 0.05) is 12.1 Å². The van der Waals surface area contributed by atoms with Crippen LogP contribution in [0.1, 0.15) is 0 Å². The van der Waals surface area contributed by atoms with Crippen LogP contribution in [0.2, 0.25) is 0 Å². The van der Waals surface area contributed by atoms with Gasteiger partial charge in [0.25, 0.3) is 0 Å².